The largest absolute Gasteiger partial charge is 0.408 e. The maximum atomic E-state index is 13.1. The summed E-state index contributed by atoms with van der Waals surface area (Å²) in [6, 6.07) is 4.68. The van der Waals surface area contributed by atoms with E-state index in [0.717, 1.165) is 0 Å². The van der Waals surface area contributed by atoms with Crippen molar-refractivity contribution in [2.75, 3.05) is 6.61 Å². The van der Waals surface area contributed by atoms with Crippen molar-refractivity contribution in [2.24, 2.45) is 5.92 Å². The second-order valence-corrected chi connectivity index (χ2v) is 5.91. The van der Waals surface area contributed by atoms with Crippen LogP contribution in [-0.2, 0) is 6.42 Å². The first-order chi connectivity index (χ1) is 10.7. The highest BCUT2D eigenvalue weighted by atomic mass is 19.4. The van der Waals surface area contributed by atoms with Gasteiger partial charge in [0.1, 0.15) is 6.04 Å². The van der Waals surface area contributed by atoms with Crippen LogP contribution in [0, 0.1) is 5.92 Å². The molecule has 1 aromatic rings. The van der Waals surface area contributed by atoms with E-state index < -0.39 is 24.3 Å². The van der Waals surface area contributed by atoms with E-state index in [1.54, 1.807) is 30.3 Å². The molecule has 0 aromatic heterocycles. The molecule has 3 N–H and O–H groups in total. The van der Waals surface area contributed by atoms with Gasteiger partial charge in [0.2, 0.25) is 0 Å². The average Bonchev–Trinajstić information content (AvgIpc) is 2.45. The van der Waals surface area contributed by atoms with Gasteiger partial charge in [0.05, 0.1) is 12.6 Å². The monoisotopic (exact) mass is 332 g/mol. The quantitative estimate of drug-likeness (QED) is 0.719. The van der Waals surface area contributed by atoms with E-state index in [9.17, 15) is 23.1 Å². The van der Waals surface area contributed by atoms with Gasteiger partial charge in [0.15, 0.2) is 0 Å². The number of amides is 2. The Labute approximate surface area is 134 Å². The van der Waals surface area contributed by atoms with Crippen LogP contribution in [0.3, 0.4) is 0 Å². The van der Waals surface area contributed by atoms with Gasteiger partial charge < -0.3 is 15.7 Å². The highest BCUT2D eigenvalue weighted by molar-refractivity contribution is 5.74. The molecule has 1 rings (SSSR count). The SMILES string of the molecule is CC(C)CC(CO)NC(=O)NC(Cc1ccccc1)C(F)(F)F. The fourth-order valence-corrected chi connectivity index (χ4v) is 2.23. The molecule has 130 valence electrons. The summed E-state index contributed by atoms with van der Waals surface area (Å²) >= 11 is 0. The lowest BCUT2D eigenvalue weighted by Crippen LogP contribution is -2.53. The Kier molecular flexibility index (Phi) is 7.35. The Bertz CT molecular complexity index is 478. The van der Waals surface area contributed by atoms with Crippen LogP contribution in [0.4, 0.5) is 18.0 Å². The number of hydrogen-bond donors (Lipinski definition) is 3. The highest BCUT2D eigenvalue weighted by Crippen LogP contribution is 2.23. The molecule has 0 heterocycles. The van der Waals surface area contributed by atoms with Crippen molar-refractivity contribution in [3.63, 3.8) is 0 Å². The summed E-state index contributed by atoms with van der Waals surface area (Å²) in [5, 5.41) is 13.5. The van der Waals surface area contributed by atoms with Gasteiger partial charge in [-0.05, 0) is 17.9 Å². The number of alkyl halides is 3. The van der Waals surface area contributed by atoms with Gasteiger partial charge in [0, 0.05) is 6.42 Å². The summed E-state index contributed by atoms with van der Waals surface area (Å²) in [7, 11) is 0. The maximum absolute atomic E-state index is 13.1. The number of aliphatic hydroxyl groups excluding tert-OH is 1. The van der Waals surface area contributed by atoms with Crippen LogP contribution in [0.15, 0.2) is 30.3 Å². The number of urea groups is 1. The number of halogens is 3. The second-order valence-electron chi connectivity index (χ2n) is 5.91. The predicted molar refractivity (Wildman–Crippen MR) is 82.0 cm³/mol. The molecule has 7 heteroatoms. The Morgan fingerprint density at radius 3 is 2.26 bits per heavy atom. The van der Waals surface area contributed by atoms with E-state index in [1.807, 2.05) is 19.2 Å². The first-order valence-electron chi connectivity index (χ1n) is 7.51. The van der Waals surface area contributed by atoms with Crippen LogP contribution in [0.5, 0.6) is 0 Å². The molecule has 0 fully saturated rings. The Morgan fingerprint density at radius 2 is 1.78 bits per heavy atom. The first-order valence-corrected chi connectivity index (χ1v) is 7.51. The number of benzene rings is 1. The van der Waals surface area contributed by atoms with Gasteiger partial charge in [-0.3, -0.25) is 0 Å². The van der Waals surface area contributed by atoms with E-state index in [4.69, 9.17) is 0 Å². The number of carbonyl (C=O) groups is 1. The van der Waals surface area contributed by atoms with Crippen LogP contribution in [0.2, 0.25) is 0 Å². The minimum atomic E-state index is -4.56. The number of nitrogens with one attached hydrogen (secondary N) is 2. The van der Waals surface area contributed by atoms with Gasteiger partial charge in [-0.2, -0.15) is 13.2 Å². The molecule has 0 radical (unpaired) electrons. The van der Waals surface area contributed by atoms with Crippen molar-refractivity contribution < 1.29 is 23.1 Å². The second kappa shape index (κ2) is 8.76. The number of rotatable bonds is 7. The molecule has 0 saturated heterocycles. The minimum Gasteiger partial charge on any atom is -0.394 e. The van der Waals surface area contributed by atoms with Gasteiger partial charge in [-0.25, -0.2) is 4.79 Å². The molecule has 0 aliphatic rings. The van der Waals surface area contributed by atoms with Crippen molar-refractivity contribution >= 4 is 6.03 Å². The summed E-state index contributed by atoms with van der Waals surface area (Å²) in [4.78, 5) is 11.8. The third kappa shape index (κ3) is 7.36. The zero-order chi connectivity index (χ0) is 17.5. The molecule has 0 aliphatic heterocycles. The van der Waals surface area contributed by atoms with Gasteiger partial charge >= 0.3 is 12.2 Å². The van der Waals surface area contributed by atoms with E-state index in [1.165, 1.54) is 0 Å². The van der Waals surface area contributed by atoms with Crippen LogP contribution >= 0.6 is 0 Å². The zero-order valence-corrected chi connectivity index (χ0v) is 13.2. The van der Waals surface area contributed by atoms with Crippen molar-refractivity contribution in [1.29, 1.82) is 0 Å². The van der Waals surface area contributed by atoms with E-state index >= 15 is 0 Å². The Hall–Kier alpha value is -1.76. The number of carbonyl (C=O) groups excluding carboxylic acids is 1. The molecule has 2 amide bonds. The van der Waals surface area contributed by atoms with E-state index in [2.05, 4.69) is 5.32 Å². The van der Waals surface area contributed by atoms with Crippen LogP contribution in [-0.4, -0.2) is 36.0 Å². The Balaban J connectivity index is 2.68. The molecule has 2 unspecified atom stereocenters. The highest BCUT2D eigenvalue weighted by Gasteiger charge is 2.40. The lowest BCUT2D eigenvalue weighted by atomic mass is 10.0. The van der Waals surface area contributed by atoms with Crippen molar-refractivity contribution in [3.05, 3.63) is 35.9 Å². The lowest BCUT2D eigenvalue weighted by molar-refractivity contribution is -0.152. The fraction of sp³-hybridized carbons (Fsp3) is 0.562. The summed E-state index contributed by atoms with van der Waals surface area (Å²) in [5.74, 6) is 0.204. The number of aliphatic hydroxyl groups is 1. The van der Waals surface area contributed by atoms with Crippen LogP contribution < -0.4 is 10.6 Å². The summed E-state index contributed by atoms with van der Waals surface area (Å²) in [6.45, 7) is 3.48. The van der Waals surface area contributed by atoms with Crippen LogP contribution in [0.25, 0.3) is 0 Å². The third-order valence-electron chi connectivity index (χ3n) is 3.29. The van der Waals surface area contributed by atoms with Crippen molar-refractivity contribution in [2.45, 2.75) is 44.9 Å². The molecule has 0 aliphatic carbocycles. The molecule has 1 aromatic carbocycles. The maximum Gasteiger partial charge on any atom is 0.408 e. The first kappa shape index (κ1) is 19.3. The number of hydrogen-bond acceptors (Lipinski definition) is 2. The van der Waals surface area contributed by atoms with Crippen LogP contribution in [0.1, 0.15) is 25.8 Å². The molecule has 23 heavy (non-hydrogen) atoms. The molecular formula is C16H23F3N2O2. The normalized spacial score (nSPS) is 14.4. The molecule has 2 atom stereocenters. The lowest BCUT2D eigenvalue weighted by Gasteiger charge is -2.24. The van der Waals surface area contributed by atoms with E-state index in [-0.39, 0.29) is 18.9 Å². The van der Waals surface area contributed by atoms with E-state index in [0.29, 0.717) is 12.0 Å². The fourth-order valence-electron chi connectivity index (χ4n) is 2.23. The van der Waals surface area contributed by atoms with Gasteiger partial charge in [-0.1, -0.05) is 44.2 Å². The third-order valence-corrected chi connectivity index (χ3v) is 3.29. The molecule has 0 saturated carbocycles. The van der Waals surface area contributed by atoms with Gasteiger partial charge in [0.25, 0.3) is 0 Å². The van der Waals surface area contributed by atoms with Crippen molar-refractivity contribution in [3.8, 4) is 0 Å². The molecular weight excluding hydrogens is 309 g/mol. The van der Waals surface area contributed by atoms with Gasteiger partial charge in [-0.15, -0.1) is 0 Å². The predicted octanol–water partition coefficient (Wildman–Crippen LogP) is 2.87. The summed E-state index contributed by atoms with van der Waals surface area (Å²) in [6.07, 6.45) is -4.41. The molecule has 4 nitrogen and oxygen atoms in total. The minimum absolute atomic E-state index is 0.204. The summed E-state index contributed by atoms with van der Waals surface area (Å²) < 4.78 is 39.3. The molecule has 0 spiro atoms. The smallest absolute Gasteiger partial charge is 0.394 e. The standard InChI is InChI=1S/C16H23F3N2O2/c1-11(2)8-13(10-22)20-15(23)21-14(16(17,18)19)9-12-6-4-3-5-7-12/h3-7,11,13-14,22H,8-10H2,1-2H3,(H2,20,21,23). The molecule has 0 bridgehead atoms. The Morgan fingerprint density at radius 1 is 1.17 bits per heavy atom. The zero-order valence-electron chi connectivity index (χ0n) is 13.2. The van der Waals surface area contributed by atoms with Crippen molar-refractivity contribution in [1.82, 2.24) is 10.6 Å². The average molecular weight is 332 g/mol. The topological polar surface area (TPSA) is 61.4 Å². The summed E-state index contributed by atoms with van der Waals surface area (Å²) in [5.41, 5.74) is 0.482.